The summed E-state index contributed by atoms with van der Waals surface area (Å²) in [6, 6.07) is 7.72. The number of hydrogen-bond acceptors (Lipinski definition) is 4. The molecule has 2 aromatic rings. The van der Waals surface area contributed by atoms with Crippen LogP contribution in [0.1, 0.15) is 32.8 Å². The summed E-state index contributed by atoms with van der Waals surface area (Å²) in [4.78, 5) is 28.5. The normalized spacial score (nSPS) is 14.7. The smallest absolute Gasteiger partial charge is 0.336 e. The van der Waals surface area contributed by atoms with Gasteiger partial charge in [0.2, 0.25) is 0 Å². The molecule has 132 valence electrons. The highest BCUT2D eigenvalue weighted by atomic mass is 16.4. The minimum Gasteiger partial charge on any atom is -0.427 e. The summed E-state index contributed by atoms with van der Waals surface area (Å²) >= 11 is 0. The van der Waals surface area contributed by atoms with Gasteiger partial charge in [0.25, 0.3) is 5.91 Å². The second-order valence-corrected chi connectivity index (χ2v) is 6.68. The van der Waals surface area contributed by atoms with Crippen molar-refractivity contribution in [3.05, 3.63) is 62.7 Å². The lowest BCUT2D eigenvalue weighted by atomic mass is 10.1. The molecule has 0 saturated carbocycles. The third kappa shape index (κ3) is 3.31. The molecule has 1 aliphatic heterocycles. The highest BCUT2D eigenvalue weighted by Crippen LogP contribution is 2.24. The molecule has 25 heavy (non-hydrogen) atoms. The van der Waals surface area contributed by atoms with Gasteiger partial charge in [-0.15, -0.1) is 0 Å². The molecule has 0 bridgehead atoms. The van der Waals surface area contributed by atoms with Gasteiger partial charge < -0.3 is 14.2 Å². The predicted molar refractivity (Wildman–Crippen MR) is 98.5 cm³/mol. The number of hydrogen-bond donors (Lipinski definition) is 0. The van der Waals surface area contributed by atoms with Crippen molar-refractivity contribution in [3.63, 3.8) is 0 Å². The molecule has 1 fully saturated rings. The number of carbonyl (C=O) groups excluding carboxylic acids is 1. The fourth-order valence-electron chi connectivity index (χ4n) is 3.46. The third-order valence-corrected chi connectivity index (χ3v) is 5.03. The molecular formula is C20H24N2O3. The molecule has 5 nitrogen and oxygen atoms in total. The van der Waals surface area contributed by atoms with Gasteiger partial charge in [-0.2, -0.15) is 0 Å². The van der Waals surface area contributed by atoms with Crippen LogP contribution in [0.5, 0.6) is 0 Å². The zero-order valence-electron chi connectivity index (χ0n) is 15.3. The van der Waals surface area contributed by atoms with Crippen molar-refractivity contribution >= 4 is 11.6 Å². The van der Waals surface area contributed by atoms with E-state index in [0.717, 1.165) is 13.1 Å². The number of piperazine rings is 1. The lowest BCUT2D eigenvalue weighted by Crippen LogP contribution is -2.49. The number of anilines is 1. The molecule has 1 aromatic carbocycles. The Balaban J connectivity index is 1.75. The summed E-state index contributed by atoms with van der Waals surface area (Å²) in [6.45, 7) is 10.6. The van der Waals surface area contributed by atoms with Crippen molar-refractivity contribution in [2.45, 2.75) is 27.7 Å². The number of rotatable bonds is 2. The number of amides is 1. The largest absolute Gasteiger partial charge is 0.427 e. The summed E-state index contributed by atoms with van der Waals surface area (Å²) < 4.78 is 5.11. The van der Waals surface area contributed by atoms with E-state index < -0.39 is 5.63 Å². The molecule has 0 atom stereocenters. The average molecular weight is 340 g/mol. The zero-order chi connectivity index (χ0) is 18.1. The Morgan fingerprint density at radius 1 is 1.00 bits per heavy atom. The van der Waals surface area contributed by atoms with Crippen molar-refractivity contribution in [1.29, 1.82) is 0 Å². The van der Waals surface area contributed by atoms with Gasteiger partial charge in [0.05, 0.1) is 5.56 Å². The van der Waals surface area contributed by atoms with Crippen LogP contribution in [0, 0.1) is 27.7 Å². The summed E-state index contributed by atoms with van der Waals surface area (Å²) in [6.07, 6.45) is 0. The van der Waals surface area contributed by atoms with Crippen molar-refractivity contribution < 1.29 is 9.21 Å². The molecule has 0 N–H and O–H groups in total. The van der Waals surface area contributed by atoms with Crippen LogP contribution in [0.15, 0.2) is 33.5 Å². The topological polar surface area (TPSA) is 53.8 Å². The van der Waals surface area contributed by atoms with Crippen LogP contribution >= 0.6 is 0 Å². The first kappa shape index (κ1) is 17.3. The van der Waals surface area contributed by atoms with Crippen LogP contribution < -0.4 is 10.5 Å². The number of carbonyl (C=O) groups is 1. The molecule has 2 heterocycles. The fraction of sp³-hybridized carbons (Fsp3) is 0.400. The first-order chi connectivity index (χ1) is 11.9. The van der Waals surface area contributed by atoms with Crippen LogP contribution in [-0.2, 0) is 0 Å². The van der Waals surface area contributed by atoms with Gasteiger partial charge in [0.15, 0.2) is 0 Å². The van der Waals surface area contributed by atoms with Crippen LogP contribution in [0.2, 0.25) is 0 Å². The molecular weight excluding hydrogens is 316 g/mol. The van der Waals surface area contributed by atoms with Gasteiger partial charge in [-0.1, -0.05) is 12.1 Å². The summed E-state index contributed by atoms with van der Waals surface area (Å²) in [5, 5.41) is 0. The Morgan fingerprint density at radius 3 is 2.32 bits per heavy atom. The maximum atomic E-state index is 12.9. The van der Waals surface area contributed by atoms with Crippen LogP contribution in [-0.4, -0.2) is 37.0 Å². The highest BCUT2D eigenvalue weighted by molar-refractivity contribution is 5.96. The Bertz CT molecular complexity index is 835. The lowest BCUT2D eigenvalue weighted by Gasteiger charge is -2.37. The maximum Gasteiger partial charge on any atom is 0.336 e. The van der Waals surface area contributed by atoms with E-state index in [1.165, 1.54) is 22.9 Å². The van der Waals surface area contributed by atoms with Gasteiger partial charge in [-0.05, 0) is 50.5 Å². The van der Waals surface area contributed by atoms with Crippen LogP contribution in [0.25, 0.3) is 0 Å². The summed E-state index contributed by atoms with van der Waals surface area (Å²) in [5.41, 5.74) is 4.59. The van der Waals surface area contributed by atoms with Gasteiger partial charge >= 0.3 is 5.63 Å². The minimum atomic E-state index is -0.411. The molecule has 1 aliphatic rings. The number of aryl methyl sites for hydroxylation is 3. The molecule has 0 aliphatic carbocycles. The molecule has 0 radical (unpaired) electrons. The molecule has 0 unspecified atom stereocenters. The van der Waals surface area contributed by atoms with Crippen molar-refractivity contribution in [2.75, 3.05) is 31.1 Å². The number of benzene rings is 1. The Morgan fingerprint density at radius 2 is 1.68 bits per heavy atom. The van der Waals surface area contributed by atoms with Gasteiger partial charge in [0.1, 0.15) is 5.76 Å². The molecule has 5 heteroatoms. The van der Waals surface area contributed by atoms with Gasteiger partial charge in [0, 0.05) is 37.9 Å². The Labute approximate surface area is 147 Å². The number of nitrogens with zero attached hydrogens (tertiary/aromatic N) is 2. The predicted octanol–water partition coefficient (Wildman–Crippen LogP) is 2.84. The second kappa shape index (κ2) is 6.75. The first-order valence-corrected chi connectivity index (χ1v) is 8.60. The standard InChI is InChI=1S/C20H24N2O3/c1-13-6-5-7-17(15(13)3)21-8-10-22(11-9-21)20(24)19-14(2)12-18(23)25-16(19)4/h5-7,12H,8-11H2,1-4H3. The molecule has 3 rings (SSSR count). The summed E-state index contributed by atoms with van der Waals surface area (Å²) in [5.74, 6) is 0.339. The van der Waals surface area contributed by atoms with E-state index in [9.17, 15) is 9.59 Å². The molecule has 1 saturated heterocycles. The van der Waals surface area contributed by atoms with E-state index in [-0.39, 0.29) is 5.91 Å². The van der Waals surface area contributed by atoms with E-state index in [0.29, 0.717) is 30.0 Å². The molecule has 1 amide bonds. The maximum absolute atomic E-state index is 12.9. The molecule has 0 spiro atoms. The van der Waals surface area contributed by atoms with E-state index in [4.69, 9.17) is 4.42 Å². The Kier molecular flexibility index (Phi) is 4.66. The van der Waals surface area contributed by atoms with E-state index in [1.807, 2.05) is 4.90 Å². The van der Waals surface area contributed by atoms with Gasteiger partial charge in [-0.25, -0.2) is 4.79 Å². The van der Waals surface area contributed by atoms with E-state index in [2.05, 4.69) is 36.9 Å². The van der Waals surface area contributed by atoms with Crippen LogP contribution in [0.4, 0.5) is 5.69 Å². The fourth-order valence-corrected chi connectivity index (χ4v) is 3.46. The van der Waals surface area contributed by atoms with E-state index in [1.54, 1.807) is 13.8 Å². The first-order valence-electron chi connectivity index (χ1n) is 8.60. The van der Waals surface area contributed by atoms with Crippen molar-refractivity contribution in [3.8, 4) is 0 Å². The van der Waals surface area contributed by atoms with E-state index >= 15 is 0 Å². The van der Waals surface area contributed by atoms with Crippen LogP contribution in [0.3, 0.4) is 0 Å². The van der Waals surface area contributed by atoms with Crippen molar-refractivity contribution in [1.82, 2.24) is 4.90 Å². The Hall–Kier alpha value is -2.56. The third-order valence-electron chi connectivity index (χ3n) is 5.03. The zero-order valence-corrected chi connectivity index (χ0v) is 15.3. The summed E-state index contributed by atoms with van der Waals surface area (Å²) in [7, 11) is 0. The molecule has 1 aromatic heterocycles. The lowest BCUT2D eigenvalue weighted by molar-refractivity contribution is 0.0742. The van der Waals surface area contributed by atoms with Gasteiger partial charge in [-0.3, -0.25) is 4.79 Å². The average Bonchev–Trinajstić information content (AvgIpc) is 2.56. The SMILES string of the molecule is Cc1cccc(N2CCN(C(=O)c3c(C)cc(=O)oc3C)CC2)c1C. The minimum absolute atomic E-state index is 0.0561. The highest BCUT2D eigenvalue weighted by Gasteiger charge is 2.26. The monoisotopic (exact) mass is 340 g/mol. The second-order valence-electron chi connectivity index (χ2n) is 6.68. The quantitative estimate of drug-likeness (QED) is 0.843. The van der Waals surface area contributed by atoms with Crippen molar-refractivity contribution in [2.24, 2.45) is 0 Å².